The smallest absolute Gasteiger partial charge is 0.294 e. The van der Waals surface area contributed by atoms with Gasteiger partial charge in [0.05, 0.1) is 4.92 Å². The number of hydrogen-bond donors (Lipinski definition) is 0. The van der Waals surface area contributed by atoms with Crippen LogP contribution in [-0.4, -0.2) is 42.4 Å². The Balaban J connectivity index is 2.07. The van der Waals surface area contributed by atoms with Crippen LogP contribution in [0.2, 0.25) is 5.02 Å². The Labute approximate surface area is 122 Å². The number of hydrogen-bond acceptors (Lipinski definition) is 4. The molecule has 20 heavy (non-hydrogen) atoms. The van der Waals surface area contributed by atoms with Gasteiger partial charge in [-0.05, 0) is 18.6 Å². The lowest BCUT2D eigenvalue weighted by molar-refractivity contribution is -0.384. The van der Waals surface area contributed by atoms with Crippen molar-refractivity contribution in [2.75, 3.05) is 31.6 Å². The van der Waals surface area contributed by atoms with Crippen molar-refractivity contribution in [1.82, 2.24) is 4.90 Å². The first kappa shape index (κ1) is 14.6. The molecule has 1 heterocycles. The van der Waals surface area contributed by atoms with Crippen LogP contribution in [0.15, 0.2) is 18.2 Å². The SMILES string of the molecule is CN(CCN1CCCC1=O)c1ccc(Cl)cc1[N+](=O)[O-]. The Morgan fingerprint density at radius 2 is 2.25 bits per heavy atom. The summed E-state index contributed by atoms with van der Waals surface area (Å²) in [6.45, 7) is 1.90. The Bertz CT molecular complexity index is 536. The molecular weight excluding hydrogens is 282 g/mol. The average Bonchev–Trinajstić information content (AvgIpc) is 2.81. The summed E-state index contributed by atoms with van der Waals surface area (Å²) in [5.74, 6) is 0.156. The second-order valence-electron chi connectivity index (χ2n) is 4.80. The van der Waals surface area contributed by atoms with E-state index in [4.69, 9.17) is 11.6 Å². The van der Waals surface area contributed by atoms with Crippen molar-refractivity contribution in [2.24, 2.45) is 0 Å². The fourth-order valence-electron chi connectivity index (χ4n) is 2.30. The van der Waals surface area contributed by atoms with E-state index in [9.17, 15) is 14.9 Å². The van der Waals surface area contributed by atoms with Crippen molar-refractivity contribution in [3.8, 4) is 0 Å². The molecule has 1 aromatic rings. The third-order valence-electron chi connectivity index (χ3n) is 3.42. The largest absolute Gasteiger partial charge is 0.367 e. The number of anilines is 1. The molecule has 1 fully saturated rings. The topological polar surface area (TPSA) is 66.7 Å². The molecule has 1 aliphatic heterocycles. The van der Waals surface area contributed by atoms with E-state index >= 15 is 0 Å². The van der Waals surface area contributed by atoms with Crippen LogP contribution >= 0.6 is 11.6 Å². The monoisotopic (exact) mass is 297 g/mol. The molecule has 0 unspecified atom stereocenters. The van der Waals surface area contributed by atoms with Gasteiger partial charge in [0.15, 0.2) is 0 Å². The Morgan fingerprint density at radius 3 is 2.85 bits per heavy atom. The highest BCUT2D eigenvalue weighted by Gasteiger charge is 2.22. The van der Waals surface area contributed by atoms with Crippen LogP contribution in [0.25, 0.3) is 0 Å². The fourth-order valence-corrected chi connectivity index (χ4v) is 2.46. The van der Waals surface area contributed by atoms with E-state index in [1.165, 1.54) is 6.07 Å². The summed E-state index contributed by atoms with van der Waals surface area (Å²) in [7, 11) is 1.77. The second-order valence-corrected chi connectivity index (χ2v) is 5.23. The lowest BCUT2D eigenvalue weighted by Crippen LogP contribution is -2.34. The van der Waals surface area contributed by atoms with Crippen molar-refractivity contribution < 1.29 is 9.72 Å². The predicted molar refractivity (Wildman–Crippen MR) is 77.2 cm³/mol. The predicted octanol–water partition coefficient (Wildman–Crippen LogP) is 2.31. The number of likely N-dealkylation sites (tertiary alicyclic amines) is 1. The number of amides is 1. The van der Waals surface area contributed by atoms with E-state index in [-0.39, 0.29) is 11.6 Å². The minimum Gasteiger partial charge on any atom is -0.367 e. The van der Waals surface area contributed by atoms with Gasteiger partial charge in [-0.3, -0.25) is 14.9 Å². The zero-order valence-electron chi connectivity index (χ0n) is 11.2. The lowest BCUT2D eigenvalue weighted by Gasteiger charge is -2.23. The van der Waals surface area contributed by atoms with Gasteiger partial charge in [0.1, 0.15) is 5.69 Å². The molecule has 0 bridgehead atoms. The van der Waals surface area contributed by atoms with Crippen LogP contribution in [0.1, 0.15) is 12.8 Å². The number of likely N-dealkylation sites (N-methyl/N-ethyl adjacent to an activating group) is 1. The van der Waals surface area contributed by atoms with Gasteiger partial charge < -0.3 is 9.80 Å². The molecule has 0 radical (unpaired) electrons. The third kappa shape index (κ3) is 3.19. The molecule has 6 nitrogen and oxygen atoms in total. The Hall–Kier alpha value is -1.82. The van der Waals surface area contributed by atoms with Gasteiger partial charge >= 0.3 is 0 Å². The number of carbonyl (C=O) groups is 1. The minimum absolute atomic E-state index is 0.0206. The molecule has 1 amide bonds. The molecule has 0 N–H and O–H groups in total. The van der Waals surface area contributed by atoms with Crippen LogP contribution in [0.4, 0.5) is 11.4 Å². The van der Waals surface area contributed by atoms with Gasteiger partial charge in [-0.25, -0.2) is 0 Å². The molecule has 0 spiro atoms. The van der Waals surface area contributed by atoms with E-state index in [0.717, 1.165) is 13.0 Å². The normalized spacial score (nSPS) is 14.7. The van der Waals surface area contributed by atoms with Gasteiger partial charge in [0, 0.05) is 44.2 Å². The van der Waals surface area contributed by atoms with Crippen molar-refractivity contribution in [3.63, 3.8) is 0 Å². The molecule has 0 saturated carbocycles. The van der Waals surface area contributed by atoms with Gasteiger partial charge in [-0.1, -0.05) is 11.6 Å². The van der Waals surface area contributed by atoms with E-state index in [1.807, 2.05) is 0 Å². The number of nitro groups is 1. The average molecular weight is 298 g/mol. The summed E-state index contributed by atoms with van der Waals surface area (Å²) in [6, 6.07) is 4.60. The zero-order chi connectivity index (χ0) is 14.7. The first-order valence-corrected chi connectivity index (χ1v) is 6.79. The maximum atomic E-state index is 11.5. The highest BCUT2D eigenvalue weighted by molar-refractivity contribution is 6.30. The number of nitrogens with zero attached hydrogens (tertiary/aromatic N) is 3. The Kier molecular flexibility index (Phi) is 4.44. The summed E-state index contributed by atoms with van der Waals surface area (Å²) in [5.41, 5.74) is 0.485. The molecule has 0 atom stereocenters. The number of halogens is 1. The molecule has 2 rings (SSSR count). The number of benzene rings is 1. The molecule has 1 aromatic carbocycles. The van der Waals surface area contributed by atoms with Crippen molar-refractivity contribution in [2.45, 2.75) is 12.8 Å². The van der Waals surface area contributed by atoms with E-state index in [0.29, 0.717) is 30.2 Å². The molecular formula is C13H16ClN3O3. The molecule has 7 heteroatoms. The number of nitro benzene ring substituents is 1. The van der Waals surface area contributed by atoms with Crippen LogP contribution in [0, 0.1) is 10.1 Å². The molecule has 0 aliphatic carbocycles. The lowest BCUT2D eigenvalue weighted by atomic mass is 10.2. The first-order chi connectivity index (χ1) is 9.49. The number of rotatable bonds is 5. The summed E-state index contributed by atoms with van der Waals surface area (Å²) in [4.78, 5) is 25.7. The van der Waals surface area contributed by atoms with Gasteiger partial charge in [0.2, 0.25) is 5.91 Å². The minimum atomic E-state index is -0.446. The van der Waals surface area contributed by atoms with Crippen LogP contribution < -0.4 is 4.90 Å². The maximum Gasteiger partial charge on any atom is 0.294 e. The van der Waals surface area contributed by atoms with Gasteiger partial charge in [0.25, 0.3) is 5.69 Å². The van der Waals surface area contributed by atoms with Crippen molar-refractivity contribution in [3.05, 3.63) is 33.3 Å². The summed E-state index contributed by atoms with van der Waals surface area (Å²) in [6.07, 6.45) is 1.49. The maximum absolute atomic E-state index is 11.5. The highest BCUT2D eigenvalue weighted by atomic mass is 35.5. The van der Waals surface area contributed by atoms with Gasteiger partial charge in [-0.2, -0.15) is 0 Å². The van der Waals surface area contributed by atoms with E-state index in [2.05, 4.69) is 0 Å². The van der Waals surface area contributed by atoms with Crippen molar-refractivity contribution >= 4 is 28.9 Å². The Morgan fingerprint density at radius 1 is 1.50 bits per heavy atom. The highest BCUT2D eigenvalue weighted by Crippen LogP contribution is 2.30. The standard InChI is InChI=1S/C13H16ClN3O3/c1-15(7-8-16-6-2-3-13(16)18)11-5-4-10(14)9-12(11)17(19)20/h4-5,9H,2-3,6-8H2,1H3. The van der Waals surface area contributed by atoms with Crippen LogP contribution in [-0.2, 0) is 4.79 Å². The van der Waals surface area contributed by atoms with E-state index < -0.39 is 4.92 Å². The van der Waals surface area contributed by atoms with Crippen LogP contribution in [0.3, 0.4) is 0 Å². The first-order valence-electron chi connectivity index (χ1n) is 6.42. The van der Waals surface area contributed by atoms with Crippen LogP contribution in [0.5, 0.6) is 0 Å². The summed E-state index contributed by atoms with van der Waals surface area (Å²) >= 11 is 5.79. The second kappa shape index (κ2) is 6.09. The van der Waals surface area contributed by atoms with E-state index in [1.54, 1.807) is 29.0 Å². The molecule has 0 aromatic heterocycles. The fraction of sp³-hybridized carbons (Fsp3) is 0.462. The third-order valence-corrected chi connectivity index (χ3v) is 3.66. The van der Waals surface area contributed by atoms with Crippen molar-refractivity contribution in [1.29, 1.82) is 0 Å². The summed E-state index contributed by atoms with van der Waals surface area (Å²) in [5, 5.41) is 11.4. The van der Waals surface area contributed by atoms with Gasteiger partial charge in [-0.15, -0.1) is 0 Å². The molecule has 1 aliphatic rings. The summed E-state index contributed by atoms with van der Waals surface area (Å²) < 4.78 is 0. The zero-order valence-corrected chi connectivity index (χ0v) is 12.0. The quantitative estimate of drug-likeness (QED) is 0.618. The molecule has 1 saturated heterocycles. The number of carbonyl (C=O) groups excluding carboxylic acids is 1. The molecule has 108 valence electrons.